The molecule has 0 radical (unpaired) electrons. The first-order valence-corrected chi connectivity index (χ1v) is 5.15. The highest BCUT2D eigenvalue weighted by molar-refractivity contribution is 5.90. The van der Waals surface area contributed by atoms with Gasteiger partial charge < -0.3 is 10.1 Å². The van der Waals surface area contributed by atoms with Gasteiger partial charge in [0.2, 0.25) is 0 Å². The number of carbonyl (C=O) groups is 1. The number of nitrogens with one attached hydrogen (secondary N) is 1. The van der Waals surface area contributed by atoms with E-state index < -0.39 is 0 Å². The average molecular weight is 222 g/mol. The molecule has 0 bridgehead atoms. The number of amides is 2. The van der Waals surface area contributed by atoms with Gasteiger partial charge in [0.1, 0.15) is 5.75 Å². The lowest BCUT2D eigenvalue weighted by Crippen LogP contribution is -2.31. The second kappa shape index (κ2) is 4.85. The van der Waals surface area contributed by atoms with Crippen molar-refractivity contribution in [3.63, 3.8) is 0 Å². The maximum absolute atomic E-state index is 11.7. The molecule has 0 saturated carbocycles. The number of hydrogen-bond donors (Lipinski definition) is 1. The summed E-state index contributed by atoms with van der Waals surface area (Å²) in [5, 5.41) is 4.07. The Labute approximate surface area is 93.9 Å². The minimum Gasteiger partial charge on any atom is -0.495 e. The van der Waals surface area contributed by atoms with Crippen molar-refractivity contribution >= 4 is 11.7 Å². The van der Waals surface area contributed by atoms with Crippen LogP contribution in [-0.2, 0) is 4.84 Å². The lowest BCUT2D eigenvalue weighted by molar-refractivity contribution is -0.0614. The topological polar surface area (TPSA) is 50.8 Å². The molecule has 2 amide bonds. The van der Waals surface area contributed by atoms with E-state index in [1.54, 1.807) is 19.2 Å². The minimum absolute atomic E-state index is 0.262. The summed E-state index contributed by atoms with van der Waals surface area (Å²) in [5.74, 6) is 0.634. The van der Waals surface area contributed by atoms with Crippen LogP contribution in [0, 0.1) is 0 Å². The van der Waals surface area contributed by atoms with Crippen LogP contribution >= 0.6 is 0 Å². The second-order valence-corrected chi connectivity index (χ2v) is 3.42. The molecule has 2 rings (SSSR count). The van der Waals surface area contributed by atoms with E-state index in [1.165, 1.54) is 5.06 Å². The van der Waals surface area contributed by atoms with E-state index in [2.05, 4.69) is 5.32 Å². The van der Waals surface area contributed by atoms with Crippen LogP contribution < -0.4 is 10.1 Å². The molecule has 1 aromatic carbocycles. The van der Waals surface area contributed by atoms with Crippen LogP contribution in [0.15, 0.2) is 24.3 Å². The molecule has 5 nitrogen and oxygen atoms in total. The number of nitrogens with zero attached hydrogens (tertiary/aromatic N) is 1. The summed E-state index contributed by atoms with van der Waals surface area (Å²) in [6.07, 6.45) is 0.874. The Hall–Kier alpha value is -1.75. The number of carbonyl (C=O) groups excluding carboxylic acids is 1. The van der Waals surface area contributed by atoms with Crippen LogP contribution in [-0.4, -0.2) is 31.4 Å². The van der Waals surface area contributed by atoms with Gasteiger partial charge in [-0.1, -0.05) is 12.1 Å². The van der Waals surface area contributed by atoms with E-state index in [-0.39, 0.29) is 6.03 Å². The van der Waals surface area contributed by atoms with Gasteiger partial charge in [-0.3, -0.25) is 4.84 Å². The standard InChI is InChI=1S/C11H14N2O3/c1-15-10-6-3-2-5-9(10)12-11(14)13-7-4-8-16-13/h2-3,5-6H,4,7-8H2,1H3,(H,12,14). The van der Waals surface area contributed by atoms with Crippen molar-refractivity contribution < 1.29 is 14.4 Å². The van der Waals surface area contributed by atoms with Crippen molar-refractivity contribution in [3.8, 4) is 5.75 Å². The lowest BCUT2D eigenvalue weighted by Gasteiger charge is -2.16. The quantitative estimate of drug-likeness (QED) is 0.831. The van der Waals surface area contributed by atoms with Crippen molar-refractivity contribution in [2.75, 3.05) is 25.6 Å². The molecule has 1 saturated heterocycles. The van der Waals surface area contributed by atoms with Gasteiger partial charge in [0.15, 0.2) is 0 Å². The molecule has 1 heterocycles. The van der Waals surface area contributed by atoms with Crippen molar-refractivity contribution in [2.24, 2.45) is 0 Å². The normalized spacial score (nSPS) is 14.9. The Morgan fingerprint density at radius 3 is 3.00 bits per heavy atom. The average Bonchev–Trinajstić information content (AvgIpc) is 2.83. The highest BCUT2D eigenvalue weighted by atomic mass is 16.7. The molecule has 0 aliphatic carbocycles. The van der Waals surface area contributed by atoms with Crippen LogP contribution in [0.5, 0.6) is 5.75 Å². The number of hydroxylamine groups is 2. The van der Waals surface area contributed by atoms with Gasteiger partial charge in [0, 0.05) is 0 Å². The lowest BCUT2D eigenvalue weighted by atomic mass is 10.3. The molecule has 1 aromatic rings. The predicted molar refractivity (Wildman–Crippen MR) is 59.3 cm³/mol. The summed E-state index contributed by atoms with van der Waals surface area (Å²) >= 11 is 0. The molecule has 0 aromatic heterocycles. The van der Waals surface area contributed by atoms with Gasteiger partial charge >= 0.3 is 6.03 Å². The third kappa shape index (κ3) is 2.25. The van der Waals surface area contributed by atoms with Crippen molar-refractivity contribution in [3.05, 3.63) is 24.3 Å². The number of benzene rings is 1. The number of hydrogen-bond acceptors (Lipinski definition) is 3. The number of para-hydroxylation sites is 2. The number of rotatable bonds is 2. The Kier molecular flexibility index (Phi) is 3.26. The monoisotopic (exact) mass is 222 g/mol. The van der Waals surface area contributed by atoms with Gasteiger partial charge in [0.05, 0.1) is 25.9 Å². The number of urea groups is 1. The molecule has 86 valence electrons. The minimum atomic E-state index is -0.262. The van der Waals surface area contributed by atoms with Crippen molar-refractivity contribution in [1.82, 2.24) is 5.06 Å². The fraction of sp³-hybridized carbons (Fsp3) is 0.364. The van der Waals surface area contributed by atoms with Gasteiger partial charge in [0.25, 0.3) is 0 Å². The highest BCUT2D eigenvalue weighted by Crippen LogP contribution is 2.23. The summed E-state index contributed by atoms with van der Waals surface area (Å²) in [5.41, 5.74) is 0.644. The maximum Gasteiger partial charge on any atom is 0.345 e. The Balaban J connectivity index is 2.05. The van der Waals surface area contributed by atoms with E-state index in [0.717, 1.165) is 6.42 Å². The van der Waals surface area contributed by atoms with Gasteiger partial charge in [-0.25, -0.2) is 9.86 Å². The third-order valence-corrected chi connectivity index (χ3v) is 2.33. The van der Waals surface area contributed by atoms with Crippen LogP contribution in [0.4, 0.5) is 10.5 Å². The van der Waals surface area contributed by atoms with E-state index in [9.17, 15) is 4.79 Å². The van der Waals surface area contributed by atoms with E-state index in [1.807, 2.05) is 12.1 Å². The number of ether oxygens (including phenoxy) is 1. The number of anilines is 1. The second-order valence-electron chi connectivity index (χ2n) is 3.42. The maximum atomic E-state index is 11.7. The van der Waals surface area contributed by atoms with Crippen molar-refractivity contribution in [2.45, 2.75) is 6.42 Å². The SMILES string of the molecule is COc1ccccc1NC(=O)N1CCCO1. The molecule has 16 heavy (non-hydrogen) atoms. The van der Waals surface area contributed by atoms with Gasteiger partial charge in [-0.05, 0) is 18.6 Å². The molecule has 1 fully saturated rings. The zero-order chi connectivity index (χ0) is 11.4. The molecule has 5 heteroatoms. The van der Waals surface area contributed by atoms with Gasteiger partial charge in [-0.15, -0.1) is 0 Å². The third-order valence-electron chi connectivity index (χ3n) is 2.33. The van der Waals surface area contributed by atoms with Crippen LogP contribution in [0.25, 0.3) is 0 Å². The van der Waals surface area contributed by atoms with E-state index in [4.69, 9.17) is 9.57 Å². The van der Waals surface area contributed by atoms with E-state index >= 15 is 0 Å². The Bertz CT molecular complexity index is 375. The number of methoxy groups -OCH3 is 1. The predicted octanol–water partition coefficient (Wildman–Crippen LogP) is 1.86. The first-order chi connectivity index (χ1) is 7.81. The summed E-state index contributed by atoms with van der Waals surface area (Å²) in [4.78, 5) is 16.9. The Morgan fingerprint density at radius 1 is 1.50 bits per heavy atom. The molecule has 1 aliphatic heterocycles. The largest absolute Gasteiger partial charge is 0.495 e. The summed E-state index contributed by atoms with van der Waals surface area (Å²) in [6, 6.07) is 7.00. The molecule has 0 unspecified atom stereocenters. The summed E-state index contributed by atoms with van der Waals surface area (Å²) in [7, 11) is 1.57. The molecule has 1 aliphatic rings. The first-order valence-electron chi connectivity index (χ1n) is 5.15. The highest BCUT2D eigenvalue weighted by Gasteiger charge is 2.19. The van der Waals surface area contributed by atoms with Crippen LogP contribution in [0.1, 0.15) is 6.42 Å². The summed E-state index contributed by atoms with van der Waals surface area (Å²) in [6.45, 7) is 1.22. The van der Waals surface area contributed by atoms with Gasteiger partial charge in [-0.2, -0.15) is 0 Å². The molecule has 1 N–H and O–H groups in total. The first kappa shape index (κ1) is 10.8. The zero-order valence-electron chi connectivity index (χ0n) is 9.10. The Morgan fingerprint density at radius 2 is 2.31 bits per heavy atom. The van der Waals surface area contributed by atoms with Crippen LogP contribution in [0.3, 0.4) is 0 Å². The summed E-state index contributed by atoms with van der Waals surface area (Å²) < 4.78 is 5.13. The fourth-order valence-corrected chi connectivity index (χ4v) is 1.53. The van der Waals surface area contributed by atoms with E-state index in [0.29, 0.717) is 24.6 Å². The smallest absolute Gasteiger partial charge is 0.345 e. The molecule has 0 atom stereocenters. The van der Waals surface area contributed by atoms with Crippen LogP contribution in [0.2, 0.25) is 0 Å². The molecule has 0 spiro atoms. The molecular weight excluding hydrogens is 208 g/mol. The fourth-order valence-electron chi connectivity index (χ4n) is 1.53. The van der Waals surface area contributed by atoms with Crippen molar-refractivity contribution in [1.29, 1.82) is 0 Å². The molecular formula is C11H14N2O3. The zero-order valence-corrected chi connectivity index (χ0v) is 9.10.